The SMILES string of the molecule is COc1cccc(OC)c1Oc1ncccc1[C@H](C)N. The first kappa shape index (κ1) is 14.1. The number of ether oxygens (including phenoxy) is 3. The van der Waals surface area contributed by atoms with Crippen LogP contribution in [-0.4, -0.2) is 19.2 Å². The number of para-hydroxylation sites is 1. The molecule has 0 bridgehead atoms. The zero-order valence-electron chi connectivity index (χ0n) is 11.8. The molecule has 0 fully saturated rings. The molecule has 2 rings (SSSR count). The van der Waals surface area contributed by atoms with Gasteiger partial charge < -0.3 is 19.9 Å². The van der Waals surface area contributed by atoms with Crippen molar-refractivity contribution >= 4 is 0 Å². The maximum Gasteiger partial charge on any atom is 0.224 e. The van der Waals surface area contributed by atoms with Gasteiger partial charge in [0.1, 0.15) is 0 Å². The van der Waals surface area contributed by atoms with E-state index in [-0.39, 0.29) is 6.04 Å². The van der Waals surface area contributed by atoms with Gasteiger partial charge in [0.25, 0.3) is 0 Å². The summed E-state index contributed by atoms with van der Waals surface area (Å²) in [4.78, 5) is 4.23. The van der Waals surface area contributed by atoms with E-state index >= 15 is 0 Å². The minimum atomic E-state index is -0.181. The van der Waals surface area contributed by atoms with Crippen LogP contribution in [0.2, 0.25) is 0 Å². The van der Waals surface area contributed by atoms with Gasteiger partial charge in [0.15, 0.2) is 11.5 Å². The van der Waals surface area contributed by atoms with Crippen LogP contribution in [0.25, 0.3) is 0 Å². The zero-order chi connectivity index (χ0) is 14.5. The molecule has 5 heteroatoms. The fourth-order valence-electron chi connectivity index (χ4n) is 1.85. The van der Waals surface area contributed by atoms with E-state index in [4.69, 9.17) is 19.9 Å². The van der Waals surface area contributed by atoms with Gasteiger partial charge in [0.2, 0.25) is 11.6 Å². The number of hydrogen-bond donors (Lipinski definition) is 1. The molecule has 0 radical (unpaired) electrons. The van der Waals surface area contributed by atoms with Gasteiger partial charge in [-0.3, -0.25) is 0 Å². The van der Waals surface area contributed by atoms with Crippen molar-refractivity contribution in [3.63, 3.8) is 0 Å². The van der Waals surface area contributed by atoms with Gasteiger partial charge in [-0.2, -0.15) is 0 Å². The molecular weight excluding hydrogens is 256 g/mol. The van der Waals surface area contributed by atoms with Gasteiger partial charge in [0.05, 0.1) is 14.2 Å². The number of aromatic nitrogens is 1. The first-order valence-corrected chi connectivity index (χ1v) is 6.26. The molecule has 0 saturated carbocycles. The van der Waals surface area contributed by atoms with Crippen LogP contribution >= 0.6 is 0 Å². The summed E-state index contributed by atoms with van der Waals surface area (Å²) in [5, 5.41) is 0. The molecule has 0 aliphatic carbocycles. The third kappa shape index (κ3) is 2.83. The molecule has 2 N–H and O–H groups in total. The molecule has 106 valence electrons. The lowest BCUT2D eigenvalue weighted by atomic mass is 10.1. The standard InChI is InChI=1S/C15H18N2O3/c1-10(16)11-6-5-9-17-15(11)20-14-12(18-2)7-4-8-13(14)19-3/h4-10H,16H2,1-3H3/t10-/m0/s1. The Balaban J connectivity index is 2.44. The number of benzene rings is 1. The van der Waals surface area contributed by atoms with Gasteiger partial charge in [-0.05, 0) is 25.1 Å². The van der Waals surface area contributed by atoms with Crippen LogP contribution in [0.3, 0.4) is 0 Å². The highest BCUT2D eigenvalue weighted by Gasteiger charge is 2.16. The molecule has 1 aromatic heterocycles. The largest absolute Gasteiger partial charge is 0.493 e. The Labute approximate surface area is 118 Å². The molecule has 0 spiro atoms. The lowest BCUT2D eigenvalue weighted by Crippen LogP contribution is -2.08. The van der Waals surface area contributed by atoms with Crippen molar-refractivity contribution in [2.24, 2.45) is 5.73 Å². The molecular formula is C15H18N2O3. The fourth-order valence-corrected chi connectivity index (χ4v) is 1.85. The summed E-state index contributed by atoms with van der Waals surface area (Å²) in [6, 6.07) is 8.95. The van der Waals surface area contributed by atoms with Crippen molar-refractivity contribution in [2.45, 2.75) is 13.0 Å². The van der Waals surface area contributed by atoms with Gasteiger partial charge in [-0.15, -0.1) is 0 Å². The Hall–Kier alpha value is -2.27. The monoisotopic (exact) mass is 274 g/mol. The molecule has 5 nitrogen and oxygen atoms in total. The van der Waals surface area contributed by atoms with Gasteiger partial charge in [-0.1, -0.05) is 12.1 Å². The van der Waals surface area contributed by atoms with Crippen LogP contribution in [-0.2, 0) is 0 Å². The molecule has 0 amide bonds. The van der Waals surface area contributed by atoms with Crippen LogP contribution in [0.4, 0.5) is 0 Å². The molecule has 1 atom stereocenters. The number of methoxy groups -OCH3 is 2. The predicted octanol–water partition coefficient (Wildman–Crippen LogP) is 2.91. The molecule has 0 saturated heterocycles. The van der Waals surface area contributed by atoms with Gasteiger partial charge >= 0.3 is 0 Å². The number of pyridine rings is 1. The molecule has 2 aromatic rings. The van der Waals surface area contributed by atoms with E-state index in [2.05, 4.69) is 4.98 Å². The van der Waals surface area contributed by atoms with Crippen LogP contribution in [0.5, 0.6) is 23.1 Å². The smallest absolute Gasteiger partial charge is 0.224 e. The number of rotatable bonds is 5. The average Bonchev–Trinajstić information content (AvgIpc) is 2.47. The van der Waals surface area contributed by atoms with Crippen LogP contribution in [0, 0.1) is 0 Å². The lowest BCUT2D eigenvalue weighted by molar-refractivity contribution is 0.340. The third-order valence-corrected chi connectivity index (χ3v) is 2.87. The van der Waals surface area contributed by atoms with Crippen molar-refractivity contribution in [1.29, 1.82) is 0 Å². The second kappa shape index (κ2) is 6.25. The summed E-state index contributed by atoms with van der Waals surface area (Å²) in [7, 11) is 3.15. The quantitative estimate of drug-likeness (QED) is 0.908. The fraction of sp³-hybridized carbons (Fsp3) is 0.267. The highest BCUT2D eigenvalue weighted by molar-refractivity contribution is 5.53. The molecule has 0 unspecified atom stereocenters. The van der Waals surface area contributed by atoms with Crippen molar-refractivity contribution < 1.29 is 14.2 Å². The Morgan fingerprint density at radius 2 is 1.70 bits per heavy atom. The summed E-state index contributed by atoms with van der Waals surface area (Å²) in [5.74, 6) is 2.08. The van der Waals surface area contributed by atoms with E-state index in [1.807, 2.05) is 25.1 Å². The summed E-state index contributed by atoms with van der Waals surface area (Å²) < 4.78 is 16.5. The highest BCUT2D eigenvalue weighted by atomic mass is 16.5. The van der Waals surface area contributed by atoms with E-state index in [9.17, 15) is 0 Å². The van der Waals surface area contributed by atoms with Gasteiger partial charge in [0, 0.05) is 17.8 Å². The Morgan fingerprint density at radius 3 is 2.25 bits per heavy atom. The summed E-state index contributed by atoms with van der Waals surface area (Å²) >= 11 is 0. The third-order valence-electron chi connectivity index (χ3n) is 2.87. The van der Waals surface area contributed by atoms with Crippen molar-refractivity contribution in [1.82, 2.24) is 4.98 Å². The van der Waals surface area contributed by atoms with E-state index < -0.39 is 0 Å². The van der Waals surface area contributed by atoms with E-state index in [1.54, 1.807) is 32.5 Å². The number of hydrogen-bond acceptors (Lipinski definition) is 5. The maximum absolute atomic E-state index is 5.93. The van der Waals surface area contributed by atoms with Crippen molar-refractivity contribution in [2.75, 3.05) is 14.2 Å². The second-order valence-electron chi connectivity index (χ2n) is 4.28. The molecule has 0 aliphatic rings. The first-order valence-electron chi connectivity index (χ1n) is 6.26. The second-order valence-corrected chi connectivity index (χ2v) is 4.28. The molecule has 20 heavy (non-hydrogen) atoms. The van der Waals surface area contributed by atoms with Crippen LogP contribution in [0.15, 0.2) is 36.5 Å². The predicted molar refractivity (Wildman–Crippen MR) is 76.5 cm³/mol. The van der Waals surface area contributed by atoms with Crippen LogP contribution < -0.4 is 19.9 Å². The molecule has 1 aromatic carbocycles. The Kier molecular flexibility index (Phi) is 4.42. The zero-order valence-corrected chi connectivity index (χ0v) is 11.8. The highest BCUT2D eigenvalue weighted by Crippen LogP contribution is 2.40. The topological polar surface area (TPSA) is 66.6 Å². The normalized spacial score (nSPS) is 11.8. The van der Waals surface area contributed by atoms with Gasteiger partial charge in [-0.25, -0.2) is 4.98 Å². The minimum absolute atomic E-state index is 0.181. The molecule has 0 aliphatic heterocycles. The Bertz CT molecular complexity index is 563. The Morgan fingerprint density at radius 1 is 1.05 bits per heavy atom. The average molecular weight is 274 g/mol. The van der Waals surface area contributed by atoms with Crippen molar-refractivity contribution in [3.8, 4) is 23.1 Å². The molecule has 1 heterocycles. The number of nitrogens with zero attached hydrogens (tertiary/aromatic N) is 1. The summed E-state index contributed by atoms with van der Waals surface area (Å²) in [5.41, 5.74) is 6.75. The van der Waals surface area contributed by atoms with E-state index in [0.29, 0.717) is 23.1 Å². The maximum atomic E-state index is 5.93. The van der Waals surface area contributed by atoms with E-state index in [1.165, 1.54) is 0 Å². The lowest BCUT2D eigenvalue weighted by Gasteiger charge is -2.16. The van der Waals surface area contributed by atoms with Crippen molar-refractivity contribution in [3.05, 3.63) is 42.1 Å². The van der Waals surface area contributed by atoms with E-state index in [0.717, 1.165) is 5.56 Å². The van der Waals surface area contributed by atoms with Crippen LogP contribution in [0.1, 0.15) is 18.5 Å². The number of nitrogens with two attached hydrogens (primary N) is 1. The first-order chi connectivity index (χ1) is 9.67. The summed E-state index contributed by atoms with van der Waals surface area (Å²) in [6.07, 6.45) is 1.66. The minimum Gasteiger partial charge on any atom is -0.493 e. The summed E-state index contributed by atoms with van der Waals surface area (Å²) in [6.45, 7) is 1.88.